The van der Waals surface area contributed by atoms with E-state index in [0.717, 1.165) is 12.0 Å². The van der Waals surface area contributed by atoms with Gasteiger partial charge >= 0.3 is 0 Å². The fraction of sp³-hybridized carbons (Fsp3) is 0.250. The lowest BCUT2D eigenvalue weighted by molar-refractivity contribution is -0.120. The Hall–Kier alpha value is -2.14. The van der Waals surface area contributed by atoms with E-state index in [1.165, 1.54) is 11.3 Å². The van der Waals surface area contributed by atoms with Gasteiger partial charge in [-0.05, 0) is 23.4 Å². The number of thiophene rings is 1. The molecule has 5 heteroatoms. The van der Waals surface area contributed by atoms with Gasteiger partial charge in [0.15, 0.2) is 0 Å². The zero-order valence-electron chi connectivity index (χ0n) is 11.7. The first-order valence-electron chi connectivity index (χ1n) is 6.88. The first-order chi connectivity index (χ1) is 10.3. The average Bonchev–Trinajstić information content (AvgIpc) is 3.02. The first kappa shape index (κ1) is 15.3. The van der Waals surface area contributed by atoms with Gasteiger partial charge in [0.1, 0.15) is 0 Å². The number of benzene rings is 1. The normalized spacial score (nSPS) is 10.1. The van der Waals surface area contributed by atoms with Crippen molar-refractivity contribution >= 4 is 23.2 Å². The van der Waals surface area contributed by atoms with E-state index in [2.05, 4.69) is 10.6 Å². The Balaban J connectivity index is 1.57. The van der Waals surface area contributed by atoms with Crippen molar-refractivity contribution in [2.75, 3.05) is 13.1 Å². The third-order valence-electron chi connectivity index (χ3n) is 2.91. The van der Waals surface area contributed by atoms with Gasteiger partial charge in [0.05, 0.1) is 11.3 Å². The molecule has 2 aromatic rings. The average molecular weight is 302 g/mol. The lowest BCUT2D eigenvalue weighted by atomic mass is 10.1. The third-order valence-corrected chi connectivity index (χ3v) is 3.78. The summed E-state index contributed by atoms with van der Waals surface area (Å²) in [4.78, 5) is 24.1. The van der Waals surface area contributed by atoms with E-state index in [-0.39, 0.29) is 11.8 Å². The number of nitrogens with one attached hydrogen (secondary N) is 2. The summed E-state index contributed by atoms with van der Waals surface area (Å²) < 4.78 is 0. The Morgan fingerprint density at radius 3 is 2.43 bits per heavy atom. The van der Waals surface area contributed by atoms with Gasteiger partial charge in [-0.1, -0.05) is 36.4 Å². The minimum Gasteiger partial charge on any atom is -0.356 e. The van der Waals surface area contributed by atoms with Gasteiger partial charge in [-0.15, -0.1) is 11.3 Å². The molecule has 2 N–H and O–H groups in total. The summed E-state index contributed by atoms with van der Waals surface area (Å²) in [7, 11) is 0. The summed E-state index contributed by atoms with van der Waals surface area (Å²) in [6.45, 7) is 1.12. The molecular formula is C16H18N2O2S. The van der Waals surface area contributed by atoms with Crippen LogP contribution in [0.2, 0.25) is 0 Å². The monoisotopic (exact) mass is 302 g/mol. The Labute approximate surface area is 128 Å². The maximum atomic E-state index is 11.7. The topological polar surface area (TPSA) is 58.2 Å². The smallest absolute Gasteiger partial charge is 0.261 e. The molecule has 0 bridgehead atoms. The van der Waals surface area contributed by atoms with Crippen LogP contribution in [0.15, 0.2) is 47.8 Å². The predicted molar refractivity (Wildman–Crippen MR) is 84.4 cm³/mol. The van der Waals surface area contributed by atoms with Gasteiger partial charge in [-0.2, -0.15) is 0 Å². The second kappa shape index (κ2) is 8.21. The quantitative estimate of drug-likeness (QED) is 0.771. The van der Waals surface area contributed by atoms with E-state index < -0.39 is 0 Å². The highest BCUT2D eigenvalue weighted by Crippen LogP contribution is 2.07. The van der Waals surface area contributed by atoms with Crippen LogP contribution >= 0.6 is 11.3 Å². The van der Waals surface area contributed by atoms with Gasteiger partial charge < -0.3 is 10.6 Å². The maximum Gasteiger partial charge on any atom is 0.261 e. The van der Waals surface area contributed by atoms with Crippen LogP contribution in [-0.4, -0.2) is 24.9 Å². The minimum atomic E-state index is -0.0550. The van der Waals surface area contributed by atoms with Crippen LogP contribution in [0.25, 0.3) is 0 Å². The van der Waals surface area contributed by atoms with Gasteiger partial charge in [0.2, 0.25) is 5.91 Å². The molecule has 4 nitrogen and oxygen atoms in total. The van der Waals surface area contributed by atoms with Crippen molar-refractivity contribution in [3.63, 3.8) is 0 Å². The number of carbonyl (C=O) groups is 2. The van der Waals surface area contributed by atoms with Crippen molar-refractivity contribution < 1.29 is 9.59 Å². The second-order valence-electron chi connectivity index (χ2n) is 4.60. The highest BCUT2D eigenvalue weighted by molar-refractivity contribution is 7.12. The molecule has 0 saturated heterocycles. The molecule has 110 valence electrons. The predicted octanol–water partition coefficient (Wildman–Crippen LogP) is 2.23. The largest absolute Gasteiger partial charge is 0.356 e. The summed E-state index contributed by atoms with van der Waals surface area (Å²) in [6.07, 6.45) is 1.11. The van der Waals surface area contributed by atoms with E-state index >= 15 is 0 Å². The van der Waals surface area contributed by atoms with Gasteiger partial charge in [0.25, 0.3) is 5.91 Å². The number of hydrogen-bond acceptors (Lipinski definition) is 3. The molecule has 0 aliphatic heterocycles. The number of rotatable bonds is 7. The number of amides is 2. The van der Waals surface area contributed by atoms with E-state index in [1.54, 1.807) is 6.07 Å². The molecule has 0 saturated carbocycles. The van der Waals surface area contributed by atoms with Crippen molar-refractivity contribution in [1.82, 2.24) is 10.6 Å². The Morgan fingerprint density at radius 1 is 0.952 bits per heavy atom. The molecule has 1 aromatic carbocycles. The van der Waals surface area contributed by atoms with Crippen molar-refractivity contribution in [3.8, 4) is 0 Å². The van der Waals surface area contributed by atoms with Crippen LogP contribution in [0.5, 0.6) is 0 Å². The van der Waals surface area contributed by atoms with Crippen molar-refractivity contribution in [2.24, 2.45) is 0 Å². The van der Waals surface area contributed by atoms with Crippen LogP contribution in [0, 0.1) is 0 Å². The molecule has 1 aromatic heterocycles. The zero-order valence-corrected chi connectivity index (χ0v) is 12.5. The summed E-state index contributed by atoms with van der Waals surface area (Å²) in [5.74, 6) is -0.0496. The van der Waals surface area contributed by atoms with Crippen molar-refractivity contribution in [1.29, 1.82) is 0 Å². The minimum absolute atomic E-state index is 0.00535. The molecule has 21 heavy (non-hydrogen) atoms. The Morgan fingerprint density at radius 2 is 1.71 bits per heavy atom. The molecular weight excluding hydrogens is 284 g/mol. The number of hydrogen-bond donors (Lipinski definition) is 2. The van der Waals surface area contributed by atoms with E-state index in [4.69, 9.17) is 0 Å². The molecule has 0 radical (unpaired) electrons. The molecule has 0 spiro atoms. The fourth-order valence-electron chi connectivity index (χ4n) is 1.86. The van der Waals surface area contributed by atoms with E-state index in [9.17, 15) is 9.59 Å². The number of carbonyl (C=O) groups excluding carboxylic acids is 2. The summed E-state index contributed by atoms with van der Waals surface area (Å²) in [6, 6.07) is 13.3. The van der Waals surface area contributed by atoms with Crippen LogP contribution in [0.3, 0.4) is 0 Å². The first-order valence-corrected chi connectivity index (χ1v) is 7.76. The Bertz CT molecular complexity index is 567. The lowest BCUT2D eigenvalue weighted by Gasteiger charge is -2.06. The standard InChI is InChI=1S/C16H18N2O2S/c19-15(12-13-6-2-1-3-7-13)17-9-5-10-18-16(20)14-8-4-11-21-14/h1-4,6-8,11H,5,9-10,12H2,(H,17,19)(H,18,20). The molecule has 0 atom stereocenters. The van der Waals surface area contributed by atoms with Crippen LogP contribution in [0.4, 0.5) is 0 Å². The fourth-order valence-corrected chi connectivity index (χ4v) is 2.50. The maximum absolute atomic E-state index is 11.7. The van der Waals surface area contributed by atoms with Crippen molar-refractivity contribution in [2.45, 2.75) is 12.8 Å². The van der Waals surface area contributed by atoms with Gasteiger partial charge in [-0.25, -0.2) is 0 Å². The second-order valence-corrected chi connectivity index (χ2v) is 5.55. The zero-order chi connectivity index (χ0) is 14.9. The van der Waals surface area contributed by atoms with Crippen LogP contribution < -0.4 is 10.6 Å². The molecule has 0 aliphatic rings. The van der Waals surface area contributed by atoms with Gasteiger partial charge in [0, 0.05) is 13.1 Å². The highest BCUT2D eigenvalue weighted by Gasteiger charge is 2.05. The summed E-state index contributed by atoms with van der Waals surface area (Å²) >= 11 is 1.42. The molecule has 2 amide bonds. The molecule has 0 unspecified atom stereocenters. The van der Waals surface area contributed by atoms with Crippen LogP contribution in [-0.2, 0) is 11.2 Å². The summed E-state index contributed by atoms with van der Waals surface area (Å²) in [5.41, 5.74) is 1.00. The van der Waals surface area contributed by atoms with E-state index in [0.29, 0.717) is 24.4 Å². The van der Waals surface area contributed by atoms with Crippen molar-refractivity contribution in [3.05, 3.63) is 58.3 Å². The molecule has 0 aliphatic carbocycles. The SMILES string of the molecule is O=C(Cc1ccccc1)NCCCNC(=O)c1cccs1. The third kappa shape index (κ3) is 5.39. The molecule has 0 fully saturated rings. The van der Waals surface area contributed by atoms with Crippen LogP contribution in [0.1, 0.15) is 21.7 Å². The summed E-state index contributed by atoms with van der Waals surface area (Å²) in [5, 5.41) is 7.55. The lowest BCUT2D eigenvalue weighted by Crippen LogP contribution is -2.30. The molecule has 2 rings (SSSR count). The van der Waals surface area contributed by atoms with Gasteiger partial charge in [-0.3, -0.25) is 9.59 Å². The van der Waals surface area contributed by atoms with E-state index in [1.807, 2.05) is 41.8 Å². The highest BCUT2D eigenvalue weighted by atomic mass is 32.1. The Kier molecular flexibility index (Phi) is 5.97. The molecule has 1 heterocycles.